The molecule has 4 nitrogen and oxygen atoms in total. The lowest BCUT2D eigenvalue weighted by Gasteiger charge is -2.39. The van der Waals surface area contributed by atoms with Gasteiger partial charge in [-0.1, -0.05) is 12.1 Å². The molecule has 0 radical (unpaired) electrons. The fourth-order valence-electron chi connectivity index (χ4n) is 4.18. The summed E-state index contributed by atoms with van der Waals surface area (Å²) in [6.07, 6.45) is 3.71. The topological polar surface area (TPSA) is 70.1 Å². The number of hydrogen-bond acceptors (Lipinski definition) is 6. The minimum absolute atomic E-state index is 0.00810. The van der Waals surface area contributed by atoms with Crippen molar-refractivity contribution in [3.8, 4) is 6.07 Å². The van der Waals surface area contributed by atoms with E-state index >= 15 is 0 Å². The van der Waals surface area contributed by atoms with Crippen LogP contribution >= 0.6 is 23.1 Å². The molecule has 0 saturated carbocycles. The number of aryl methyl sites for hydroxylation is 1. The number of halogens is 1. The maximum atomic E-state index is 14.7. The SMILES string of the molecule is CSc1sc(C)cc1C1C(C#N)=C(N)N(c2ccccc2F)C2=C1C(=O)CCC2. The van der Waals surface area contributed by atoms with Gasteiger partial charge in [0, 0.05) is 22.6 Å². The number of thioether (sulfide) groups is 1. The lowest BCUT2D eigenvalue weighted by molar-refractivity contribution is -0.116. The molecule has 1 aromatic heterocycles. The van der Waals surface area contributed by atoms with Gasteiger partial charge in [-0.05, 0) is 49.8 Å². The van der Waals surface area contributed by atoms with E-state index in [9.17, 15) is 14.4 Å². The number of thiophene rings is 1. The standard InChI is InChI=1S/C22H20FN3OS2/c1-12-10-13(22(28-2)29-12)19-14(11-24)21(25)26(16-7-4-3-6-15(16)23)17-8-5-9-18(27)20(17)19/h3-4,6-7,10,19H,5,8-9,25H2,1-2H3. The summed E-state index contributed by atoms with van der Waals surface area (Å²) in [6, 6.07) is 10.6. The molecule has 148 valence electrons. The molecule has 0 spiro atoms. The maximum absolute atomic E-state index is 14.7. The third-order valence-electron chi connectivity index (χ3n) is 5.35. The lowest BCUT2D eigenvalue weighted by atomic mass is 9.76. The average molecular weight is 426 g/mol. The van der Waals surface area contributed by atoms with Crippen molar-refractivity contribution in [2.75, 3.05) is 11.2 Å². The van der Waals surface area contributed by atoms with Crippen LogP contribution in [0.15, 0.2) is 57.2 Å². The van der Waals surface area contributed by atoms with Gasteiger partial charge in [0.2, 0.25) is 0 Å². The Labute approximate surface area is 177 Å². The van der Waals surface area contributed by atoms with Crippen molar-refractivity contribution < 1.29 is 9.18 Å². The van der Waals surface area contributed by atoms with Crippen LogP contribution in [0.2, 0.25) is 0 Å². The normalized spacial score (nSPS) is 19.4. The second kappa shape index (κ2) is 7.69. The fourth-order valence-corrected chi connectivity index (χ4v) is 6.09. The van der Waals surface area contributed by atoms with E-state index in [0.717, 1.165) is 14.6 Å². The Balaban J connectivity index is 2.01. The first-order valence-electron chi connectivity index (χ1n) is 9.32. The van der Waals surface area contributed by atoms with Gasteiger partial charge in [0.1, 0.15) is 11.6 Å². The molecular weight excluding hydrogens is 405 g/mol. The molecular formula is C22H20FN3OS2. The molecule has 1 aliphatic carbocycles. The number of hydrogen-bond donors (Lipinski definition) is 1. The molecule has 1 unspecified atom stereocenters. The molecule has 7 heteroatoms. The highest BCUT2D eigenvalue weighted by Gasteiger charge is 2.41. The number of nitriles is 1. The summed E-state index contributed by atoms with van der Waals surface area (Å²) in [5.74, 6) is -0.730. The van der Waals surface area contributed by atoms with Crippen molar-refractivity contribution in [1.82, 2.24) is 0 Å². The lowest BCUT2D eigenvalue weighted by Crippen LogP contribution is -2.39. The van der Waals surface area contributed by atoms with Crippen molar-refractivity contribution >= 4 is 34.6 Å². The summed E-state index contributed by atoms with van der Waals surface area (Å²) >= 11 is 3.25. The number of para-hydroxylation sites is 1. The predicted molar refractivity (Wildman–Crippen MR) is 115 cm³/mol. The van der Waals surface area contributed by atoms with E-state index in [2.05, 4.69) is 6.07 Å². The summed E-state index contributed by atoms with van der Waals surface area (Å²) in [7, 11) is 0. The minimum atomic E-state index is -0.502. The number of Topliss-reactive ketones (excluding diaryl/α,β-unsaturated/α-hetero) is 1. The number of benzene rings is 1. The minimum Gasteiger partial charge on any atom is -0.384 e. The monoisotopic (exact) mass is 425 g/mol. The van der Waals surface area contributed by atoms with E-state index in [1.807, 2.05) is 19.2 Å². The van der Waals surface area contributed by atoms with Gasteiger partial charge in [0.15, 0.2) is 5.78 Å². The van der Waals surface area contributed by atoms with Crippen LogP contribution in [0.3, 0.4) is 0 Å². The van der Waals surface area contributed by atoms with Crippen LogP contribution in [-0.2, 0) is 4.79 Å². The van der Waals surface area contributed by atoms with Crippen LogP contribution < -0.4 is 10.6 Å². The summed E-state index contributed by atoms with van der Waals surface area (Å²) < 4.78 is 15.7. The molecule has 0 bridgehead atoms. The molecule has 0 amide bonds. The molecule has 2 heterocycles. The van der Waals surface area contributed by atoms with Crippen LogP contribution in [0.5, 0.6) is 0 Å². The van der Waals surface area contributed by atoms with Gasteiger partial charge >= 0.3 is 0 Å². The zero-order chi connectivity index (χ0) is 20.7. The number of carbonyl (C=O) groups excluding carboxylic acids is 1. The number of nitrogens with two attached hydrogens (primary N) is 1. The Morgan fingerprint density at radius 3 is 2.79 bits per heavy atom. The molecule has 1 aliphatic heterocycles. The highest BCUT2D eigenvalue weighted by molar-refractivity contribution is 8.00. The van der Waals surface area contributed by atoms with Gasteiger partial charge in [-0.25, -0.2) is 4.39 Å². The van der Waals surface area contributed by atoms with Gasteiger partial charge in [0.05, 0.1) is 27.5 Å². The van der Waals surface area contributed by atoms with E-state index in [0.29, 0.717) is 36.1 Å². The maximum Gasteiger partial charge on any atom is 0.161 e. The second-order valence-corrected chi connectivity index (χ2v) is 9.40. The van der Waals surface area contributed by atoms with Gasteiger partial charge in [-0.15, -0.1) is 23.1 Å². The van der Waals surface area contributed by atoms with Crippen molar-refractivity contribution in [2.45, 2.75) is 36.3 Å². The molecule has 2 aliphatic rings. The van der Waals surface area contributed by atoms with Crippen molar-refractivity contribution in [1.29, 1.82) is 5.26 Å². The second-order valence-electron chi connectivity index (χ2n) is 7.07. The first-order chi connectivity index (χ1) is 14.0. The zero-order valence-electron chi connectivity index (χ0n) is 16.2. The Morgan fingerprint density at radius 1 is 1.34 bits per heavy atom. The van der Waals surface area contributed by atoms with Crippen LogP contribution in [0.4, 0.5) is 10.1 Å². The van der Waals surface area contributed by atoms with Gasteiger partial charge < -0.3 is 5.73 Å². The molecule has 2 N–H and O–H groups in total. The van der Waals surface area contributed by atoms with Crippen LogP contribution in [0, 0.1) is 24.1 Å². The summed E-state index contributed by atoms with van der Waals surface area (Å²) in [4.78, 5) is 15.8. The van der Waals surface area contributed by atoms with E-state index in [1.165, 1.54) is 6.07 Å². The van der Waals surface area contributed by atoms with E-state index in [4.69, 9.17) is 5.73 Å². The first kappa shape index (κ1) is 19.7. The van der Waals surface area contributed by atoms with Gasteiger partial charge in [-0.3, -0.25) is 9.69 Å². The number of rotatable bonds is 3. The third kappa shape index (κ3) is 3.17. The molecule has 1 atom stereocenters. The molecule has 0 saturated heterocycles. The number of anilines is 1. The highest BCUT2D eigenvalue weighted by Crippen LogP contribution is 2.49. The van der Waals surface area contributed by atoms with Gasteiger partial charge in [-0.2, -0.15) is 5.26 Å². The highest BCUT2D eigenvalue weighted by atomic mass is 32.2. The molecule has 0 fully saturated rings. The molecule has 1 aromatic carbocycles. The van der Waals surface area contributed by atoms with Crippen molar-refractivity contribution in [3.63, 3.8) is 0 Å². The van der Waals surface area contributed by atoms with E-state index in [1.54, 1.807) is 46.2 Å². The number of allylic oxidation sites excluding steroid dienone is 3. The Hall–Kier alpha value is -2.56. The fraction of sp³-hybridized carbons (Fsp3) is 0.273. The number of carbonyl (C=O) groups is 1. The van der Waals surface area contributed by atoms with Crippen LogP contribution in [0.25, 0.3) is 0 Å². The van der Waals surface area contributed by atoms with E-state index in [-0.39, 0.29) is 17.3 Å². The van der Waals surface area contributed by atoms with Gasteiger partial charge in [0.25, 0.3) is 0 Å². The molecule has 29 heavy (non-hydrogen) atoms. The zero-order valence-corrected chi connectivity index (χ0v) is 17.8. The summed E-state index contributed by atoms with van der Waals surface area (Å²) in [6.45, 7) is 2.01. The smallest absolute Gasteiger partial charge is 0.161 e. The van der Waals surface area contributed by atoms with Crippen LogP contribution in [-0.4, -0.2) is 12.0 Å². The van der Waals surface area contributed by atoms with Crippen molar-refractivity contribution in [2.24, 2.45) is 5.73 Å². The number of ketones is 1. The van der Waals surface area contributed by atoms with E-state index < -0.39 is 11.7 Å². The average Bonchev–Trinajstić information content (AvgIpc) is 3.08. The first-order valence-corrected chi connectivity index (χ1v) is 11.4. The van der Waals surface area contributed by atoms with Crippen molar-refractivity contribution in [3.05, 3.63) is 69.3 Å². The summed E-state index contributed by atoms with van der Waals surface area (Å²) in [5, 5.41) is 10.0. The number of nitrogens with zero attached hydrogens (tertiary/aromatic N) is 2. The quantitative estimate of drug-likeness (QED) is 0.683. The Kier molecular flexibility index (Phi) is 5.24. The Bertz CT molecular complexity index is 1110. The largest absolute Gasteiger partial charge is 0.384 e. The third-order valence-corrected chi connectivity index (χ3v) is 7.57. The predicted octanol–water partition coefficient (Wildman–Crippen LogP) is 5.22. The van der Waals surface area contributed by atoms with Crippen LogP contribution in [0.1, 0.15) is 35.6 Å². The molecule has 2 aromatic rings. The Morgan fingerprint density at radius 2 is 2.10 bits per heavy atom. The molecule has 4 rings (SSSR count). The summed E-state index contributed by atoms with van der Waals surface area (Å²) in [5.41, 5.74) is 9.28.